The first kappa shape index (κ1) is 10.4. The van der Waals surface area contributed by atoms with Crippen LogP contribution in [0.3, 0.4) is 0 Å². The fourth-order valence-corrected chi connectivity index (χ4v) is 3.11. The van der Waals surface area contributed by atoms with Crippen LogP contribution in [-0.2, 0) is 0 Å². The zero-order chi connectivity index (χ0) is 9.97. The zero-order valence-electron chi connectivity index (χ0n) is 9.41. The molecule has 2 aliphatic rings. The summed E-state index contributed by atoms with van der Waals surface area (Å²) in [5.74, 6) is 0.991. The second kappa shape index (κ2) is 4.63. The van der Waals surface area contributed by atoms with Crippen LogP contribution in [0.4, 0.5) is 0 Å². The molecule has 3 atom stereocenters. The van der Waals surface area contributed by atoms with Crippen molar-refractivity contribution in [3.05, 3.63) is 0 Å². The van der Waals surface area contributed by atoms with E-state index in [-0.39, 0.29) is 0 Å². The first-order valence-electron chi connectivity index (χ1n) is 6.29. The van der Waals surface area contributed by atoms with Crippen molar-refractivity contribution in [2.45, 2.75) is 57.5 Å². The van der Waals surface area contributed by atoms with E-state index in [1.807, 2.05) is 0 Å². The Morgan fingerprint density at radius 3 is 2.79 bits per heavy atom. The highest BCUT2D eigenvalue weighted by atomic mass is 15.2. The molecule has 0 radical (unpaired) electrons. The number of likely N-dealkylation sites (tertiary alicyclic amines) is 1. The van der Waals surface area contributed by atoms with Crippen molar-refractivity contribution < 1.29 is 0 Å². The third-order valence-electron chi connectivity index (χ3n) is 4.10. The minimum Gasteiger partial charge on any atom is -0.326 e. The van der Waals surface area contributed by atoms with Crippen LogP contribution in [0, 0.1) is 5.92 Å². The molecule has 0 spiro atoms. The summed E-state index contributed by atoms with van der Waals surface area (Å²) in [5, 5.41) is 0. The maximum absolute atomic E-state index is 5.96. The quantitative estimate of drug-likeness (QED) is 0.732. The predicted molar refractivity (Wildman–Crippen MR) is 60.2 cm³/mol. The first-order chi connectivity index (χ1) is 6.79. The van der Waals surface area contributed by atoms with Crippen LogP contribution in [0.15, 0.2) is 0 Å². The molecule has 2 rings (SSSR count). The predicted octanol–water partition coefficient (Wildman–Crippen LogP) is 1.99. The minimum atomic E-state index is 0.456. The van der Waals surface area contributed by atoms with Crippen molar-refractivity contribution in [1.29, 1.82) is 0 Å². The lowest BCUT2D eigenvalue weighted by Gasteiger charge is -2.35. The van der Waals surface area contributed by atoms with Crippen LogP contribution in [0.2, 0.25) is 0 Å². The van der Waals surface area contributed by atoms with Crippen molar-refractivity contribution in [3.8, 4) is 0 Å². The first-order valence-corrected chi connectivity index (χ1v) is 6.29. The lowest BCUT2D eigenvalue weighted by Crippen LogP contribution is -2.38. The molecule has 82 valence electrons. The van der Waals surface area contributed by atoms with E-state index in [2.05, 4.69) is 11.8 Å². The second-order valence-corrected chi connectivity index (χ2v) is 5.14. The topological polar surface area (TPSA) is 29.3 Å². The number of rotatable bonds is 2. The maximum atomic E-state index is 5.96. The van der Waals surface area contributed by atoms with Crippen molar-refractivity contribution in [1.82, 2.24) is 4.90 Å². The molecule has 0 aromatic carbocycles. The lowest BCUT2D eigenvalue weighted by atomic mass is 9.83. The molecule has 14 heavy (non-hydrogen) atoms. The summed E-state index contributed by atoms with van der Waals surface area (Å²) in [6.07, 6.45) is 8.35. The number of hydrogen-bond donors (Lipinski definition) is 1. The van der Waals surface area contributed by atoms with Gasteiger partial charge in [-0.25, -0.2) is 0 Å². The van der Waals surface area contributed by atoms with E-state index in [4.69, 9.17) is 5.73 Å². The molecule has 0 bridgehead atoms. The second-order valence-electron chi connectivity index (χ2n) is 5.14. The lowest BCUT2D eigenvalue weighted by molar-refractivity contribution is 0.153. The molecule has 0 amide bonds. The highest BCUT2D eigenvalue weighted by Gasteiger charge is 2.29. The van der Waals surface area contributed by atoms with Gasteiger partial charge in [-0.2, -0.15) is 0 Å². The van der Waals surface area contributed by atoms with Gasteiger partial charge in [0.2, 0.25) is 0 Å². The van der Waals surface area contributed by atoms with Crippen molar-refractivity contribution in [2.24, 2.45) is 11.7 Å². The average Bonchev–Trinajstić information content (AvgIpc) is 2.65. The molecule has 2 fully saturated rings. The van der Waals surface area contributed by atoms with E-state index in [0.717, 1.165) is 18.5 Å². The summed E-state index contributed by atoms with van der Waals surface area (Å²) in [6.45, 7) is 4.74. The minimum absolute atomic E-state index is 0.456. The molecule has 0 aromatic heterocycles. The van der Waals surface area contributed by atoms with Gasteiger partial charge in [0.25, 0.3) is 0 Å². The molecule has 1 saturated heterocycles. The van der Waals surface area contributed by atoms with Crippen molar-refractivity contribution >= 4 is 0 Å². The van der Waals surface area contributed by atoms with Gasteiger partial charge in [-0.05, 0) is 25.2 Å². The van der Waals surface area contributed by atoms with Gasteiger partial charge >= 0.3 is 0 Å². The molecular weight excluding hydrogens is 172 g/mol. The Bertz CT molecular complexity index is 181. The molecule has 1 saturated carbocycles. The van der Waals surface area contributed by atoms with Crippen LogP contribution < -0.4 is 5.73 Å². The summed E-state index contributed by atoms with van der Waals surface area (Å²) in [7, 11) is 0. The normalized spacial score (nSPS) is 40.3. The van der Waals surface area contributed by atoms with Crippen LogP contribution in [0.5, 0.6) is 0 Å². The van der Waals surface area contributed by atoms with Crippen molar-refractivity contribution in [3.63, 3.8) is 0 Å². The van der Waals surface area contributed by atoms with Gasteiger partial charge in [-0.3, -0.25) is 4.90 Å². The third kappa shape index (κ3) is 2.29. The Hall–Kier alpha value is -0.0800. The van der Waals surface area contributed by atoms with E-state index in [0.29, 0.717) is 6.04 Å². The van der Waals surface area contributed by atoms with Gasteiger partial charge in [-0.1, -0.05) is 26.2 Å². The van der Waals surface area contributed by atoms with E-state index in [1.165, 1.54) is 45.1 Å². The SMILES string of the molecule is CCC1CCCC(N2CC[C@H](N)C2)C1. The fraction of sp³-hybridized carbons (Fsp3) is 1.00. The van der Waals surface area contributed by atoms with E-state index < -0.39 is 0 Å². The fourth-order valence-electron chi connectivity index (χ4n) is 3.11. The Morgan fingerprint density at radius 1 is 1.29 bits per heavy atom. The highest BCUT2D eigenvalue weighted by molar-refractivity contribution is 4.86. The molecule has 2 N–H and O–H groups in total. The standard InChI is InChI=1S/C12H24N2/c1-2-10-4-3-5-12(8-10)14-7-6-11(13)9-14/h10-12H,2-9,13H2,1H3/t10?,11-,12?/m0/s1. The average molecular weight is 196 g/mol. The summed E-state index contributed by atoms with van der Waals surface area (Å²) < 4.78 is 0. The molecule has 1 heterocycles. The molecule has 2 unspecified atom stereocenters. The van der Waals surface area contributed by atoms with Crippen LogP contribution in [0.25, 0.3) is 0 Å². The van der Waals surface area contributed by atoms with E-state index in [9.17, 15) is 0 Å². The van der Waals surface area contributed by atoms with Crippen LogP contribution >= 0.6 is 0 Å². The van der Waals surface area contributed by atoms with Crippen LogP contribution in [0.1, 0.15) is 45.4 Å². The van der Waals surface area contributed by atoms with Gasteiger partial charge in [0, 0.05) is 25.2 Å². The van der Waals surface area contributed by atoms with Gasteiger partial charge in [0.1, 0.15) is 0 Å². The van der Waals surface area contributed by atoms with Gasteiger partial charge < -0.3 is 5.73 Å². The molecular formula is C12H24N2. The Kier molecular flexibility index (Phi) is 3.45. The summed E-state index contributed by atoms with van der Waals surface area (Å²) in [4.78, 5) is 2.65. The van der Waals surface area contributed by atoms with Gasteiger partial charge in [0.15, 0.2) is 0 Å². The summed E-state index contributed by atoms with van der Waals surface area (Å²) in [5.41, 5.74) is 5.96. The largest absolute Gasteiger partial charge is 0.326 e. The number of hydrogen-bond acceptors (Lipinski definition) is 2. The molecule has 1 aliphatic carbocycles. The van der Waals surface area contributed by atoms with Gasteiger partial charge in [-0.15, -0.1) is 0 Å². The highest BCUT2D eigenvalue weighted by Crippen LogP contribution is 2.31. The molecule has 2 heteroatoms. The van der Waals surface area contributed by atoms with Crippen molar-refractivity contribution in [2.75, 3.05) is 13.1 Å². The Labute approximate surface area is 87.8 Å². The third-order valence-corrected chi connectivity index (χ3v) is 4.10. The Morgan fingerprint density at radius 2 is 2.14 bits per heavy atom. The summed E-state index contributed by atoms with van der Waals surface area (Å²) in [6, 6.07) is 1.32. The number of nitrogens with zero attached hydrogens (tertiary/aromatic N) is 1. The molecule has 1 aliphatic heterocycles. The molecule has 0 aromatic rings. The Balaban J connectivity index is 1.84. The zero-order valence-corrected chi connectivity index (χ0v) is 9.41. The maximum Gasteiger partial charge on any atom is 0.0180 e. The van der Waals surface area contributed by atoms with E-state index >= 15 is 0 Å². The summed E-state index contributed by atoms with van der Waals surface area (Å²) >= 11 is 0. The number of nitrogens with two attached hydrogens (primary N) is 1. The van der Waals surface area contributed by atoms with Gasteiger partial charge in [0.05, 0.1) is 0 Å². The monoisotopic (exact) mass is 196 g/mol. The smallest absolute Gasteiger partial charge is 0.0180 e. The van der Waals surface area contributed by atoms with E-state index in [1.54, 1.807) is 0 Å². The van der Waals surface area contributed by atoms with Crippen LogP contribution in [-0.4, -0.2) is 30.1 Å². The molecule has 2 nitrogen and oxygen atoms in total.